The first-order valence-corrected chi connectivity index (χ1v) is 7.59. The van der Waals surface area contributed by atoms with Crippen LogP contribution in [0.2, 0.25) is 0 Å². The predicted molar refractivity (Wildman–Crippen MR) is 83.5 cm³/mol. The lowest BCUT2D eigenvalue weighted by molar-refractivity contribution is 0.102. The van der Waals surface area contributed by atoms with Gasteiger partial charge in [-0.3, -0.25) is 9.48 Å². The van der Waals surface area contributed by atoms with Gasteiger partial charge in [-0.15, -0.1) is 0 Å². The van der Waals surface area contributed by atoms with Gasteiger partial charge < -0.3 is 5.32 Å². The van der Waals surface area contributed by atoms with Crippen molar-refractivity contribution in [2.45, 2.75) is 39.7 Å². The molecule has 1 atom stereocenters. The Morgan fingerprint density at radius 2 is 2.09 bits per heavy atom. The monoisotopic (exact) mass is 301 g/mol. The van der Waals surface area contributed by atoms with E-state index < -0.39 is 0 Å². The van der Waals surface area contributed by atoms with Gasteiger partial charge in [0.1, 0.15) is 5.82 Å². The molecule has 2 aromatic rings. The third-order valence-electron chi connectivity index (χ3n) is 4.28. The van der Waals surface area contributed by atoms with Crippen LogP contribution in [0, 0.1) is 25.6 Å². The molecule has 1 fully saturated rings. The Labute approximate surface area is 129 Å². The number of amides is 1. The van der Waals surface area contributed by atoms with Gasteiger partial charge >= 0.3 is 0 Å². The summed E-state index contributed by atoms with van der Waals surface area (Å²) >= 11 is 0. The lowest BCUT2D eigenvalue weighted by Gasteiger charge is -2.12. The van der Waals surface area contributed by atoms with Crippen molar-refractivity contribution in [1.29, 1.82) is 0 Å². The van der Waals surface area contributed by atoms with E-state index in [0.29, 0.717) is 28.9 Å². The third-order valence-corrected chi connectivity index (χ3v) is 4.28. The van der Waals surface area contributed by atoms with Crippen molar-refractivity contribution < 1.29 is 9.18 Å². The highest BCUT2D eigenvalue weighted by Crippen LogP contribution is 2.39. The van der Waals surface area contributed by atoms with Gasteiger partial charge in [0.2, 0.25) is 0 Å². The van der Waals surface area contributed by atoms with E-state index in [4.69, 9.17) is 0 Å². The second-order valence-electron chi connectivity index (χ2n) is 6.11. The van der Waals surface area contributed by atoms with Gasteiger partial charge in [-0.05, 0) is 69.4 Å². The van der Waals surface area contributed by atoms with Crippen molar-refractivity contribution in [3.63, 3.8) is 0 Å². The van der Waals surface area contributed by atoms with Crippen LogP contribution in [0.4, 0.5) is 10.1 Å². The highest BCUT2D eigenvalue weighted by Gasteiger charge is 2.30. The molecule has 22 heavy (non-hydrogen) atoms. The van der Waals surface area contributed by atoms with E-state index in [1.807, 2.05) is 11.6 Å². The molecule has 0 bridgehead atoms. The summed E-state index contributed by atoms with van der Waals surface area (Å²) in [6.07, 6.45) is 2.47. The van der Waals surface area contributed by atoms with E-state index in [-0.39, 0.29) is 11.7 Å². The Morgan fingerprint density at radius 1 is 1.36 bits per heavy atom. The minimum atomic E-state index is -0.311. The number of nitrogens with one attached hydrogen (secondary N) is 1. The predicted octanol–water partition coefficient (Wildman–Crippen LogP) is 3.86. The maximum absolute atomic E-state index is 13.1. The van der Waals surface area contributed by atoms with Gasteiger partial charge in [0.05, 0.1) is 6.04 Å². The van der Waals surface area contributed by atoms with Crippen LogP contribution in [0.25, 0.3) is 0 Å². The second-order valence-corrected chi connectivity index (χ2v) is 6.11. The van der Waals surface area contributed by atoms with E-state index in [9.17, 15) is 9.18 Å². The topological polar surface area (TPSA) is 46.9 Å². The lowest BCUT2D eigenvalue weighted by Crippen LogP contribution is -2.16. The minimum absolute atomic E-state index is 0.264. The molecule has 1 N–H and O–H groups in total. The van der Waals surface area contributed by atoms with Crippen molar-refractivity contribution in [2.24, 2.45) is 5.92 Å². The molecule has 5 heteroatoms. The molecular formula is C17H20FN3O. The Kier molecular flexibility index (Phi) is 3.72. The van der Waals surface area contributed by atoms with Gasteiger partial charge in [0.25, 0.3) is 5.91 Å². The Bertz CT molecular complexity index is 719. The highest BCUT2D eigenvalue weighted by atomic mass is 19.1. The largest absolute Gasteiger partial charge is 0.320 e. The quantitative estimate of drug-likeness (QED) is 0.932. The normalized spacial score (nSPS) is 15.6. The molecule has 1 aromatic heterocycles. The van der Waals surface area contributed by atoms with Crippen molar-refractivity contribution in [3.05, 3.63) is 47.0 Å². The van der Waals surface area contributed by atoms with Crippen LogP contribution in [0.15, 0.2) is 24.3 Å². The van der Waals surface area contributed by atoms with Gasteiger partial charge in [-0.25, -0.2) is 4.39 Å². The van der Waals surface area contributed by atoms with Crippen molar-refractivity contribution in [2.75, 3.05) is 5.32 Å². The number of aryl methyl sites for hydroxylation is 2. The van der Waals surface area contributed by atoms with Crippen molar-refractivity contribution >= 4 is 11.6 Å². The second kappa shape index (κ2) is 5.55. The number of hydrogen-bond donors (Lipinski definition) is 1. The van der Waals surface area contributed by atoms with Crippen LogP contribution >= 0.6 is 0 Å². The van der Waals surface area contributed by atoms with Crippen molar-refractivity contribution in [1.82, 2.24) is 9.78 Å². The fourth-order valence-electron chi connectivity index (χ4n) is 2.74. The first-order valence-electron chi connectivity index (χ1n) is 7.59. The zero-order valence-electron chi connectivity index (χ0n) is 13.1. The number of benzene rings is 1. The Balaban J connectivity index is 1.78. The standard InChI is InChI=1S/C17H20FN3O/c1-10-8-14(18)6-7-15(10)19-17(22)16-9-11(2)21(20-16)12(3)13-4-5-13/h6-9,12-13H,4-5H2,1-3H3,(H,19,22). The van der Waals surface area contributed by atoms with Crippen LogP contribution < -0.4 is 5.32 Å². The first kappa shape index (κ1) is 14.8. The molecule has 116 valence electrons. The SMILES string of the molecule is Cc1cc(F)ccc1NC(=O)c1cc(C)n(C(C)C2CC2)n1. The summed E-state index contributed by atoms with van der Waals surface area (Å²) in [6.45, 7) is 5.87. The summed E-state index contributed by atoms with van der Waals surface area (Å²) in [6, 6.07) is 6.43. The fourth-order valence-corrected chi connectivity index (χ4v) is 2.74. The van der Waals surface area contributed by atoms with Crippen LogP contribution in [-0.2, 0) is 0 Å². The van der Waals surface area contributed by atoms with Gasteiger partial charge in [0.15, 0.2) is 5.69 Å². The van der Waals surface area contributed by atoms with Gasteiger partial charge in [-0.1, -0.05) is 0 Å². The van der Waals surface area contributed by atoms with Crippen LogP contribution in [0.1, 0.15) is 47.6 Å². The molecule has 1 heterocycles. The number of anilines is 1. The maximum atomic E-state index is 13.1. The summed E-state index contributed by atoms with van der Waals surface area (Å²) in [5.74, 6) is 0.0993. The number of carbonyl (C=O) groups excluding carboxylic acids is 1. The minimum Gasteiger partial charge on any atom is -0.320 e. The number of rotatable bonds is 4. The number of halogens is 1. The zero-order chi connectivity index (χ0) is 15.9. The molecule has 1 aliphatic carbocycles. The van der Waals surface area contributed by atoms with E-state index in [2.05, 4.69) is 17.3 Å². The summed E-state index contributed by atoms with van der Waals surface area (Å²) < 4.78 is 15.0. The molecule has 0 spiro atoms. The molecule has 4 nitrogen and oxygen atoms in total. The first-order chi connectivity index (χ1) is 10.5. The third kappa shape index (κ3) is 2.89. The fraction of sp³-hybridized carbons (Fsp3) is 0.412. The van der Waals surface area contributed by atoms with Crippen LogP contribution in [-0.4, -0.2) is 15.7 Å². The molecule has 3 rings (SSSR count). The molecule has 0 saturated heterocycles. The number of carbonyl (C=O) groups is 1. The van der Waals surface area contributed by atoms with E-state index in [1.165, 1.54) is 25.0 Å². The molecule has 1 unspecified atom stereocenters. The molecule has 0 aliphatic heterocycles. The zero-order valence-corrected chi connectivity index (χ0v) is 13.1. The van der Waals surface area contributed by atoms with E-state index in [1.54, 1.807) is 19.1 Å². The molecular weight excluding hydrogens is 281 g/mol. The molecule has 1 aromatic carbocycles. The highest BCUT2D eigenvalue weighted by molar-refractivity contribution is 6.03. The number of hydrogen-bond acceptors (Lipinski definition) is 2. The van der Waals surface area contributed by atoms with E-state index >= 15 is 0 Å². The average Bonchev–Trinajstić information content (AvgIpc) is 3.24. The van der Waals surface area contributed by atoms with Crippen LogP contribution in [0.3, 0.4) is 0 Å². The van der Waals surface area contributed by atoms with Crippen LogP contribution in [0.5, 0.6) is 0 Å². The summed E-state index contributed by atoms with van der Waals surface area (Å²) in [5, 5.41) is 7.24. The average molecular weight is 301 g/mol. The van der Waals surface area contributed by atoms with Gasteiger partial charge in [-0.2, -0.15) is 5.10 Å². The van der Waals surface area contributed by atoms with Crippen molar-refractivity contribution in [3.8, 4) is 0 Å². The smallest absolute Gasteiger partial charge is 0.276 e. The molecule has 1 amide bonds. The number of nitrogens with zero attached hydrogens (tertiary/aromatic N) is 2. The molecule has 1 saturated carbocycles. The maximum Gasteiger partial charge on any atom is 0.276 e. The Hall–Kier alpha value is -2.17. The van der Waals surface area contributed by atoms with Gasteiger partial charge in [0, 0.05) is 11.4 Å². The lowest BCUT2D eigenvalue weighted by atomic mass is 10.2. The summed E-state index contributed by atoms with van der Waals surface area (Å²) in [4.78, 5) is 12.3. The number of aromatic nitrogens is 2. The molecule has 1 aliphatic rings. The molecule has 0 radical (unpaired) electrons. The summed E-state index contributed by atoms with van der Waals surface area (Å²) in [7, 11) is 0. The van der Waals surface area contributed by atoms with E-state index in [0.717, 1.165) is 5.69 Å². The summed E-state index contributed by atoms with van der Waals surface area (Å²) in [5.41, 5.74) is 2.68. The Morgan fingerprint density at radius 3 is 2.73 bits per heavy atom.